The van der Waals surface area contributed by atoms with Crippen molar-refractivity contribution in [2.75, 3.05) is 17.7 Å². The van der Waals surface area contributed by atoms with E-state index in [9.17, 15) is 10.2 Å². The minimum absolute atomic E-state index is 0.00406. The van der Waals surface area contributed by atoms with E-state index in [1.165, 1.54) is 0 Å². The molecular formula is C14H20N6O2. The normalized spacial score (nSPS) is 28.4. The second kappa shape index (κ2) is 5.06. The Morgan fingerprint density at radius 2 is 2.14 bits per heavy atom. The molecule has 2 fully saturated rings. The Morgan fingerprint density at radius 3 is 2.82 bits per heavy atom. The van der Waals surface area contributed by atoms with Crippen LogP contribution in [0.1, 0.15) is 31.7 Å². The summed E-state index contributed by atoms with van der Waals surface area (Å²) in [6.45, 7) is -0.00406. The van der Waals surface area contributed by atoms with Crippen molar-refractivity contribution in [2.24, 2.45) is 5.92 Å². The summed E-state index contributed by atoms with van der Waals surface area (Å²) in [6.07, 6.45) is 4.81. The van der Waals surface area contributed by atoms with Gasteiger partial charge in [-0.25, -0.2) is 4.98 Å². The Kier molecular flexibility index (Phi) is 3.16. The molecule has 4 rings (SSSR count). The summed E-state index contributed by atoms with van der Waals surface area (Å²) in [7, 11) is 0. The number of fused-ring (bicyclic) bond motifs is 1. The predicted molar refractivity (Wildman–Crippen MR) is 81.2 cm³/mol. The van der Waals surface area contributed by atoms with Crippen molar-refractivity contribution in [3.63, 3.8) is 0 Å². The second-order valence-electron chi connectivity index (χ2n) is 6.31. The topological polar surface area (TPSA) is 122 Å². The lowest BCUT2D eigenvalue weighted by Gasteiger charge is -2.13. The maximum absolute atomic E-state index is 10.0. The minimum atomic E-state index is -0.490. The number of nitrogen functional groups attached to an aromatic ring is 1. The number of hydrogen-bond acceptors (Lipinski definition) is 7. The summed E-state index contributed by atoms with van der Waals surface area (Å²) in [5.74, 6) is 0.807. The van der Waals surface area contributed by atoms with Gasteiger partial charge in [-0.3, -0.25) is 0 Å². The minimum Gasteiger partial charge on any atom is -0.396 e. The lowest BCUT2D eigenvalue weighted by molar-refractivity contribution is 0.0906. The van der Waals surface area contributed by atoms with Crippen LogP contribution in [0.4, 0.5) is 11.8 Å². The van der Waals surface area contributed by atoms with Crippen LogP contribution in [0, 0.1) is 5.92 Å². The molecule has 2 aliphatic carbocycles. The molecule has 2 aromatic heterocycles. The van der Waals surface area contributed by atoms with Gasteiger partial charge in [0.25, 0.3) is 0 Å². The van der Waals surface area contributed by atoms with Crippen molar-refractivity contribution < 1.29 is 10.2 Å². The molecule has 8 heteroatoms. The Hall–Kier alpha value is -1.93. The van der Waals surface area contributed by atoms with Crippen molar-refractivity contribution in [3.8, 4) is 0 Å². The van der Waals surface area contributed by atoms with E-state index in [0.29, 0.717) is 35.9 Å². The molecule has 118 valence electrons. The SMILES string of the molecule is Nc1nc(NC2CC2)c2ncn(C3CC(O)C(CO)C3)c2n1. The summed E-state index contributed by atoms with van der Waals surface area (Å²) in [5, 5.41) is 22.7. The third-order valence-corrected chi connectivity index (χ3v) is 4.62. The van der Waals surface area contributed by atoms with Gasteiger partial charge in [-0.2, -0.15) is 9.97 Å². The van der Waals surface area contributed by atoms with Gasteiger partial charge in [-0.05, 0) is 25.7 Å². The van der Waals surface area contributed by atoms with E-state index in [4.69, 9.17) is 5.73 Å². The number of nitrogens with one attached hydrogen (secondary N) is 1. The molecule has 5 N–H and O–H groups in total. The summed E-state index contributed by atoms with van der Waals surface area (Å²) in [6, 6.07) is 0.523. The number of anilines is 2. The van der Waals surface area contributed by atoms with Gasteiger partial charge < -0.3 is 25.8 Å². The largest absolute Gasteiger partial charge is 0.396 e. The van der Waals surface area contributed by atoms with E-state index in [1.54, 1.807) is 6.33 Å². The lowest BCUT2D eigenvalue weighted by Crippen LogP contribution is -2.16. The Bertz CT molecular complexity index is 698. The molecule has 0 amide bonds. The summed E-state index contributed by atoms with van der Waals surface area (Å²) in [4.78, 5) is 13.0. The molecule has 2 aromatic rings. The number of imidazole rings is 1. The fourth-order valence-corrected chi connectivity index (χ4v) is 3.22. The predicted octanol–water partition coefficient (Wildman–Crippen LogP) is 0.287. The molecule has 8 nitrogen and oxygen atoms in total. The van der Waals surface area contributed by atoms with Crippen LogP contribution >= 0.6 is 0 Å². The Morgan fingerprint density at radius 1 is 1.32 bits per heavy atom. The van der Waals surface area contributed by atoms with Crippen LogP contribution in [-0.2, 0) is 0 Å². The summed E-state index contributed by atoms with van der Waals surface area (Å²) < 4.78 is 1.95. The molecular weight excluding hydrogens is 284 g/mol. The highest BCUT2D eigenvalue weighted by atomic mass is 16.3. The van der Waals surface area contributed by atoms with Gasteiger partial charge in [0.1, 0.15) is 0 Å². The third-order valence-electron chi connectivity index (χ3n) is 4.62. The van der Waals surface area contributed by atoms with E-state index in [-0.39, 0.29) is 24.5 Å². The van der Waals surface area contributed by atoms with Crippen LogP contribution in [-0.4, -0.2) is 48.5 Å². The van der Waals surface area contributed by atoms with E-state index >= 15 is 0 Å². The zero-order chi connectivity index (χ0) is 15.3. The number of aliphatic hydroxyl groups excluding tert-OH is 2. The number of nitrogens with zero attached hydrogens (tertiary/aromatic N) is 4. The van der Waals surface area contributed by atoms with Crippen LogP contribution in [0.2, 0.25) is 0 Å². The van der Waals surface area contributed by atoms with Crippen LogP contribution in [0.25, 0.3) is 11.2 Å². The highest BCUT2D eigenvalue weighted by molar-refractivity contribution is 5.84. The van der Waals surface area contributed by atoms with Gasteiger partial charge in [-0.1, -0.05) is 0 Å². The van der Waals surface area contributed by atoms with Crippen molar-refractivity contribution >= 4 is 22.9 Å². The first-order valence-electron chi connectivity index (χ1n) is 7.71. The zero-order valence-electron chi connectivity index (χ0n) is 12.2. The first-order valence-corrected chi connectivity index (χ1v) is 7.71. The number of nitrogens with two attached hydrogens (primary N) is 1. The molecule has 0 aromatic carbocycles. The monoisotopic (exact) mass is 304 g/mol. The van der Waals surface area contributed by atoms with Crippen molar-refractivity contribution in [3.05, 3.63) is 6.33 Å². The summed E-state index contributed by atoms with van der Waals surface area (Å²) >= 11 is 0. The molecule has 2 saturated carbocycles. The van der Waals surface area contributed by atoms with Gasteiger partial charge in [0.2, 0.25) is 5.95 Å². The second-order valence-corrected chi connectivity index (χ2v) is 6.31. The maximum Gasteiger partial charge on any atom is 0.224 e. The lowest BCUT2D eigenvalue weighted by atomic mass is 10.1. The first-order chi connectivity index (χ1) is 10.7. The first kappa shape index (κ1) is 13.7. The third kappa shape index (κ3) is 2.28. The zero-order valence-corrected chi connectivity index (χ0v) is 12.2. The van der Waals surface area contributed by atoms with Crippen LogP contribution < -0.4 is 11.1 Å². The highest BCUT2D eigenvalue weighted by Gasteiger charge is 2.34. The molecule has 0 spiro atoms. The van der Waals surface area contributed by atoms with Crippen LogP contribution in [0.3, 0.4) is 0 Å². The number of aliphatic hydroxyl groups is 2. The molecule has 0 saturated heterocycles. The molecule has 2 aliphatic rings. The van der Waals surface area contributed by atoms with Gasteiger partial charge >= 0.3 is 0 Å². The van der Waals surface area contributed by atoms with Gasteiger partial charge in [-0.15, -0.1) is 0 Å². The summed E-state index contributed by atoms with van der Waals surface area (Å²) in [5.41, 5.74) is 7.23. The average molecular weight is 304 g/mol. The Labute approximate surface area is 127 Å². The number of aromatic nitrogens is 4. The van der Waals surface area contributed by atoms with Crippen LogP contribution in [0.5, 0.6) is 0 Å². The van der Waals surface area contributed by atoms with E-state index in [0.717, 1.165) is 12.8 Å². The number of hydrogen-bond donors (Lipinski definition) is 4. The van der Waals surface area contributed by atoms with E-state index in [2.05, 4.69) is 20.3 Å². The molecule has 0 radical (unpaired) electrons. The van der Waals surface area contributed by atoms with Gasteiger partial charge in [0, 0.05) is 24.6 Å². The fraction of sp³-hybridized carbons (Fsp3) is 0.643. The quantitative estimate of drug-likeness (QED) is 0.640. The highest BCUT2D eigenvalue weighted by Crippen LogP contribution is 2.37. The molecule has 0 aliphatic heterocycles. The van der Waals surface area contributed by atoms with Gasteiger partial charge in [0.05, 0.1) is 12.4 Å². The van der Waals surface area contributed by atoms with Crippen molar-refractivity contribution in [1.82, 2.24) is 19.5 Å². The van der Waals surface area contributed by atoms with Crippen molar-refractivity contribution in [2.45, 2.75) is 43.9 Å². The number of rotatable bonds is 4. The van der Waals surface area contributed by atoms with Crippen LogP contribution in [0.15, 0.2) is 6.33 Å². The smallest absolute Gasteiger partial charge is 0.224 e. The Balaban J connectivity index is 1.71. The fourth-order valence-electron chi connectivity index (χ4n) is 3.22. The van der Waals surface area contributed by atoms with Gasteiger partial charge in [0.15, 0.2) is 17.0 Å². The molecule has 2 heterocycles. The maximum atomic E-state index is 10.0. The molecule has 3 unspecified atom stereocenters. The molecule has 22 heavy (non-hydrogen) atoms. The van der Waals surface area contributed by atoms with E-state index in [1.807, 2.05) is 4.57 Å². The standard InChI is InChI=1S/C14H20N6O2/c15-14-18-12(17-8-1-2-8)11-13(19-14)20(6-16-11)9-3-7(5-21)10(22)4-9/h6-10,21-22H,1-5H2,(H3,15,17,18,19). The average Bonchev–Trinajstić information content (AvgIpc) is 3.07. The molecule has 0 bridgehead atoms. The van der Waals surface area contributed by atoms with E-state index < -0.39 is 6.10 Å². The molecule has 3 atom stereocenters. The van der Waals surface area contributed by atoms with Crippen molar-refractivity contribution in [1.29, 1.82) is 0 Å².